The maximum Gasteiger partial charge on any atom is 0.258 e. The Balaban J connectivity index is 2.16. The fraction of sp³-hybridized carbons (Fsp3) is 0.391. The van der Waals surface area contributed by atoms with Gasteiger partial charge in [-0.3, -0.25) is 0 Å². The summed E-state index contributed by atoms with van der Waals surface area (Å²) in [4.78, 5) is 0. The fourth-order valence-electron chi connectivity index (χ4n) is 3.97. The molecular formula is C23H31BrOSi. The number of hydrogen-bond acceptors (Lipinski definition) is 1. The third kappa shape index (κ3) is 4.89. The molecule has 26 heavy (non-hydrogen) atoms. The van der Waals surface area contributed by atoms with Crippen LogP contribution in [-0.2, 0) is 0 Å². The number of benzene rings is 2. The normalized spacial score (nSPS) is 12.5. The van der Waals surface area contributed by atoms with Crippen LogP contribution in [0.4, 0.5) is 0 Å². The van der Waals surface area contributed by atoms with Crippen LogP contribution < -0.4 is 4.43 Å². The molecule has 0 N–H and O–H groups in total. The third-order valence-electron chi connectivity index (χ3n) is 5.22. The summed E-state index contributed by atoms with van der Waals surface area (Å²) >= 11 is 3.47. The van der Waals surface area contributed by atoms with Crippen LogP contribution in [0.3, 0.4) is 0 Å². The molecule has 140 valence electrons. The van der Waals surface area contributed by atoms with E-state index in [1.807, 2.05) is 0 Å². The Morgan fingerprint density at radius 2 is 1.08 bits per heavy atom. The Labute approximate surface area is 168 Å². The average Bonchev–Trinajstić information content (AvgIpc) is 2.59. The van der Waals surface area contributed by atoms with Crippen molar-refractivity contribution in [1.82, 2.24) is 0 Å². The second kappa shape index (κ2) is 9.05. The summed E-state index contributed by atoms with van der Waals surface area (Å²) in [6.07, 6.45) is 4.28. The molecule has 1 nitrogen and oxygen atoms in total. The van der Waals surface area contributed by atoms with Gasteiger partial charge in [0.1, 0.15) is 5.75 Å². The zero-order chi connectivity index (χ0) is 19.3. The van der Waals surface area contributed by atoms with Crippen LogP contribution in [0, 0.1) is 0 Å². The highest BCUT2D eigenvalue weighted by Crippen LogP contribution is 2.42. The molecule has 0 unspecified atom stereocenters. The molecule has 0 fully saturated rings. The summed E-state index contributed by atoms with van der Waals surface area (Å²) in [5.74, 6) is 1.01. The molecule has 0 aliphatic rings. The first-order valence-electron chi connectivity index (χ1n) is 9.48. The number of halogens is 1. The summed E-state index contributed by atoms with van der Waals surface area (Å²) in [5, 5.41) is 0. The van der Waals surface area contributed by atoms with Gasteiger partial charge in [0.05, 0.1) is 0 Å². The number of hydrogen-bond donors (Lipinski definition) is 0. The van der Waals surface area contributed by atoms with Crippen molar-refractivity contribution in [3.8, 4) is 5.75 Å². The number of rotatable bonds is 7. The zero-order valence-corrected chi connectivity index (χ0v) is 19.4. The van der Waals surface area contributed by atoms with E-state index in [0.717, 1.165) is 10.2 Å². The molecule has 0 aliphatic carbocycles. The van der Waals surface area contributed by atoms with Gasteiger partial charge < -0.3 is 4.43 Å². The van der Waals surface area contributed by atoms with Gasteiger partial charge in [-0.25, -0.2) is 0 Å². The van der Waals surface area contributed by atoms with E-state index in [1.165, 1.54) is 11.1 Å². The van der Waals surface area contributed by atoms with Crippen molar-refractivity contribution >= 4 is 36.4 Å². The summed E-state index contributed by atoms with van der Waals surface area (Å²) in [6, 6.07) is 16.9. The van der Waals surface area contributed by atoms with E-state index in [4.69, 9.17) is 4.43 Å². The maximum atomic E-state index is 6.73. The van der Waals surface area contributed by atoms with Gasteiger partial charge in [-0.2, -0.15) is 0 Å². The molecule has 0 atom stereocenters. The van der Waals surface area contributed by atoms with Gasteiger partial charge >= 0.3 is 0 Å². The lowest BCUT2D eigenvalue weighted by Gasteiger charge is -2.42. The lowest BCUT2D eigenvalue weighted by Crippen LogP contribution is -2.50. The third-order valence-corrected chi connectivity index (χ3v) is 11.8. The molecular weight excluding hydrogens is 400 g/mol. The molecule has 0 bridgehead atoms. The van der Waals surface area contributed by atoms with Gasteiger partial charge in [0.25, 0.3) is 8.32 Å². The highest BCUT2D eigenvalue weighted by molar-refractivity contribution is 9.10. The Morgan fingerprint density at radius 3 is 1.46 bits per heavy atom. The van der Waals surface area contributed by atoms with Gasteiger partial charge in [-0.15, -0.1) is 0 Å². The Kier molecular flexibility index (Phi) is 7.30. The molecule has 0 aromatic heterocycles. The van der Waals surface area contributed by atoms with Crippen molar-refractivity contribution in [1.29, 1.82) is 0 Å². The monoisotopic (exact) mass is 430 g/mol. The van der Waals surface area contributed by atoms with Crippen LogP contribution >= 0.6 is 15.9 Å². The van der Waals surface area contributed by atoms with Crippen LogP contribution in [-0.4, -0.2) is 8.32 Å². The van der Waals surface area contributed by atoms with E-state index in [2.05, 4.69) is 118 Å². The molecule has 0 aliphatic heterocycles. The SMILES string of the molecule is CC(C)[Si](Oc1ccc(/C=C/c2ccc(Br)cc2)cc1)(C(C)C)C(C)C. The molecule has 2 rings (SSSR count). The van der Waals surface area contributed by atoms with E-state index in [-0.39, 0.29) is 0 Å². The predicted octanol–water partition coefficient (Wildman–Crippen LogP) is 8.17. The van der Waals surface area contributed by atoms with Crippen LogP contribution in [0.15, 0.2) is 53.0 Å². The Hall–Kier alpha value is -1.32. The second-order valence-electron chi connectivity index (χ2n) is 7.87. The summed E-state index contributed by atoms with van der Waals surface area (Å²) < 4.78 is 7.83. The first kappa shape index (κ1) is 21.0. The van der Waals surface area contributed by atoms with E-state index in [9.17, 15) is 0 Å². The Morgan fingerprint density at radius 1 is 0.692 bits per heavy atom. The minimum Gasteiger partial charge on any atom is -0.543 e. The van der Waals surface area contributed by atoms with Crippen molar-refractivity contribution in [2.24, 2.45) is 0 Å². The molecule has 0 amide bonds. The highest BCUT2D eigenvalue weighted by Gasteiger charge is 2.46. The van der Waals surface area contributed by atoms with Crippen molar-refractivity contribution in [2.75, 3.05) is 0 Å². The quantitative estimate of drug-likeness (QED) is 0.317. The summed E-state index contributed by atoms with van der Waals surface area (Å²) in [5.41, 5.74) is 4.13. The topological polar surface area (TPSA) is 9.23 Å². The van der Waals surface area contributed by atoms with E-state index in [1.54, 1.807) is 0 Å². The van der Waals surface area contributed by atoms with E-state index in [0.29, 0.717) is 16.6 Å². The standard InChI is InChI=1S/C23H31BrOSi/c1-17(2)26(18(3)4,19(5)6)25-23-15-11-21(12-16-23)8-7-20-9-13-22(24)14-10-20/h7-19H,1-6H3/b8-7+. The Bertz CT molecular complexity index is 693. The van der Waals surface area contributed by atoms with Crippen LogP contribution in [0.5, 0.6) is 5.75 Å². The lowest BCUT2D eigenvalue weighted by atomic mass is 10.1. The van der Waals surface area contributed by atoms with E-state index >= 15 is 0 Å². The lowest BCUT2D eigenvalue weighted by molar-refractivity contribution is 0.480. The summed E-state index contributed by atoms with van der Waals surface area (Å²) in [6.45, 7) is 13.9. The first-order chi connectivity index (χ1) is 12.3. The van der Waals surface area contributed by atoms with Crippen molar-refractivity contribution < 1.29 is 4.43 Å². The molecule has 0 saturated heterocycles. The van der Waals surface area contributed by atoms with Crippen molar-refractivity contribution in [3.05, 3.63) is 64.1 Å². The zero-order valence-electron chi connectivity index (χ0n) is 16.8. The molecule has 2 aromatic carbocycles. The van der Waals surface area contributed by atoms with Crippen molar-refractivity contribution in [3.63, 3.8) is 0 Å². The summed E-state index contributed by atoms with van der Waals surface area (Å²) in [7, 11) is -1.88. The molecule has 0 radical (unpaired) electrons. The van der Waals surface area contributed by atoms with Crippen LogP contribution in [0.1, 0.15) is 52.7 Å². The van der Waals surface area contributed by atoms with Crippen molar-refractivity contribution in [2.45, 2.75) is 58.2 Å². The van der Waals surface area contributed by atoms with Gasteiger partial charge in [0, 0.05) is 4.47 Å². The predicted molar refractivity (Wildman–Crippen MR) is 121 cm³/mol. The highest BCUT2D eigenvalue weighted by atomic mass is 79.9. The van der Waals surface area contributed by atoms with Gasteiger partial charge in [-0.05, 0) is 52.0 Å². The minimum absolute atomic E-state index is 0.583. The minimum atomic E-state index is -1.88. The van der Waals surface area contributed by atoms with Crippen LogP contribution in [0.2, 0.25) is 16.6 Å². The molecule has 0 saturated carbocycles. The van der Waals surface area contributed by atoms with E-state index < -0.39 is 8.32 Å². The average molecular weight is 431 g/mol. The smallest absolute Gasteiger partial charge is 0.258 e. The maximum absolute atomic E-state index is 6.73. The molecule has 0 heterocycles. The first-order valence-corrected chi connectivity index (χ1v) is 12.4. The van der Waals surface area contributed by atoms with Gasteiger partial charge in [0.15, 0.2) is 0 Å². The molecule has 2 aromatic rings. The van der Waals surface area contributed by atoms with Crippen LogP contribution in [0.25, 0.3) is 12.2 Å². The molecule has 3 heteroatoms. The molecule has 0 spiro atoms. The fourth-order valence-corrected chi connectivity index (χ4v) is 9.49. The second-order valence-corrected chi connectivity index (χ2v) is 14.2. The largest absolute Gasteiger partial charge is 0.543 e. The van der Waals surface area contributed by atoms with Gasteiger partial charge in [0.2, 0.25) is 0 Å². The van der Waals surface area contributed by atoms with Gasteiger partial charge in [-0.1, -0.05) is 93.9 Å².